The van der Waals surface area contributed by atoms with Crippen molar-refractivity contribution in [2.45, 2.75) is 33.1 Å². The molecule has 0 radical (unpaired) electrons. The molecule has 2 N–H and O–H groups in total. The van der Waals surface area contributed by atoms with E-state index in [9.17, 15) is 0 Å². The van der Waals surface area contributed by atoms with E-state index < -0.39 is 0 Å². The van der Waals surface area contributed by atoms with E-state index in [2.05, 4.69) is 24.0 Å². The van der Waals surface area contributed by atoms with Gasteiger partial charge in [0.25, 0.3) is 0 Å². The minimum Gasteiger partial charge on any atom is -0.492 e. The lowest BCUT2D eigenvalue weighted by Gasteiger charge is -2.23. The molecule has 3 heteroatoms. The van der Waals surface area contributed by atoms with Gasteiger partial charge < -0.3 is 15.4 Å². The van der Waals surface area contributed by atoms with Gasteiger partial charge in [-0.2, -0.15) is 0 Å². The van der Waals surface area contributed by atoms with E-state index in [0.29, 0.717) is 6.61 Å². The number of anilines is 2. The monoisotopic (exact) mass is 248 g/mol. The van der Waals surface area contributed by atoms with Crippen LogP contribution in [0.15, 0.2) is 18.2 Å². The van der Waals surface area contributed by atoms with E-state index in [1.165, 1.54) is 24.9 Å². The zero-order valence-electron chi connectivity index (χ0n) is 11.5. The smallest absolute Gasteiger partial charge is 0.144 e. The number of rotatable bonds is 3. The molecule has 18 heavy (non-hydrogen) atoms. The summed E-state index contributed by atoms with van der Waals surface area (Å²) in [4.78, 5) is 2.45. The molecule has 1 heterocycles. The summed E-state index contributed by atoms with van der Waals surface area (Å²) in [5.41, 5.74) is 7.88. The number of hydrogen-bond acceptors (Lipinski definition) is 3. The van der Waals surface area contributed by atoms with Gasteiger partial charge in [-0.15, -0.1) is 0 Å². The van der Waals surface area contributed by atoms with Crippen molar-refractivity contribution < 1.29 is 4.74 Å². The minimum atomic E-state index is 0.657. The number of nitrogens with two attached hydrogens (primary N) is 1. The summed E-state index contributed by atoms with van der Waals surface area (Å²) in [6.07, 6.45) is 3.88. The van der Waals surface area contributed by atoms with Crippen molar-refractivity contribution in [2.75, 3.05) is 30.3 Å². The van der Waals surface area contributed by atoms with Gasteiger partial charge in [-0.1, -0.05) is 6.92 Å². The Kier molecular flexibility index (Phi) is 4.34. The first-order valence-corrected chi connectivity index (χ1v) is 6.98. The second-order valence-electron chi connectivity index (χ2n) is 5.18. The lowest BCUT2D eigenvalue weighted by molar-refractivity contribution is 0.342. The van der Waals surface area contributed by atoms with Crippen molar-refractivity contribution >= 4 is 11.4 Å². The van der Waals surface area contributed by atoms with Crippen molar-refractivity contribution in [1.82, 2.24) is 0 Å². The van der Waals surface area contributed by atoms with Gasteiger partial charge in [0.2, 0.25) is 0 Å². The van der Waals surface area contributed by atoms with E-state index in [4.69, 9.17) is 10.5 Å². The molecule has 1 atom stereocenters. The Balaban J connectivity index is 2.14. The molecular formula is C15H24N2O. The first-order chi connectivity index (χ1) is 8.70. The maximum atomic E-state index is 5.91. The number of hydrogen-bond donors (Lipinski definition) is 1. The van der Waals surface area contributed by atoms with Crippen LogP contribution < -0.4 is 15.4 Å². The normalized spacial score (nSPS) is 20.6. The predicted molar refractivity (Wildman–Crippen MR) is 77.3 cm³/mol. The molecule has 1 aromatic carbocycles. The zero-order valence-corrected chi connectivity index (χ0v) is 11.5. The van der Waals surface area contributed by atoms with E-state index in [0.717, 1.165) is 30.4 Å². The summed E-state index contributed by atoms with van der Waals surface area (Å²) >= 11 is 0. The fourth-order valence-electron chi connectivity index (χ4n) is 2.52. The molecule has 1 aromatic rings. The van der Waals surface area contributed by atoms with Gasteiger partial charge in [-0.3, -0.25) is 0 Å². The average Bonchev–Trinajstić information content (AvgIpc) is 2.57. The highest BCUT2D eigenvalue weighted by Crippen LogP contribution is 2.29. The van der Waals surface area contributed by atoms with Gasteiger partial charge >= 0.3 is 0 Å². The number of nitrogens with zero attached hydrogens (tertiary/aromatic N) is 1. The molecule has 1 aliphatic heterocycles. The Morgan fingerprint density at radius 1 is 1.33 bits per heavy atom. The molecule has 3 nitrogen and oxygen atoms in total. The molecule has 2 rings (SSSR count). The van der Waals surface area contributed by atoms with E-state index in [1.807, 2.05) is 13.0 Å². The van der Waals surface area contributed by atoms with Crippen LogP contribution >= 0.6 is 0 Å². The molecule has 0 spiro atoms. The van der Waals surface area contributed by atoms with Crippen LogP contribution in [0, 0.1) is 5.92 Å². The molecule has 0 amide bonds. The molecular weight excluding hydrogens is 224 g/mol. The molecule has 1 saturated heterocycles. The van der Waals surface area contributed by atoms with Gasteiger partial charge in [-0.25, -0.2) is 0 Å². The molecule has 0 aromatic heterocycles. The SMILES string of the molecule is CCOc1cc(N2CCCC(C)CC2)ccc1N. The maximum Gasteiger partial charge on any atom is 0.144 e. The Morgan fingerprint density at radius 3 is 2.94 bits per heavy atom. The number of ether oxygens (including phenoxy) is 1. The number of benzene rings is 1. The van der Waals surface area contributed by atoms with Gasteiger partial charge in [0.05, 0.1) is 12.3 Å². The van der Waals surface area contributed by atoms with Crippen LogP contribution in [0.3, 0.4) is 0 Å². The Hall–Kier alpha value is -1.38. The maximum absolute atomic E-state index is 5.91. The van der Waals surface area contributed by atoms with Crippen LogP contribution in [-0.4, -0.2) is 19.7 Å². The minimum absolute atomic E-state index is 0.657. The van der Waals surface area contributed by atoms with Gasteiger partial charge in [0.15, 0.2) is 0 Å². The van der Waals surface area contributed by atoms with Crippen molar-refractivity contribution in [3.63, 3.8) is 0 Å². The van der Waals surface area contributed by atoms with Crippen molar-refractivity contribution in [2.24, 2.45) is 5.92 Å². The number of nitrogen functional groups attached to an aromatic ring is 1. The molecule has 1 fully saturated rings. The average molecular weight is 248 g/mol. The third-order valence-electron chi connectivity index (χ3n) is 3.68. The highest BCUT2D eigenvalue weighted by Gasteiger charge is 2.15. The zero-order chi connectivity index (χ0) is 13.0. The summed E-state index contributed by atoms with van der Waals surface area (Å²) in [5.74, 6) is 1.66. The standard InChI is InChI=1S/C15H24N2O/c1-3-18-15-11-13(6-7-14(15)16)17-9-4-5-12(2)8-10-17/h6-7,11-12H,3-5,8-10,16H2,1-2H3. The summed E-state index contributed by atoms with van der Waals surface area (Å²) < 4.78 is 5.57. The van der Waals surface area contributed by atoms with E-state index in [-0.39, 0.29) is 0 Å². The van der Waals surface area contributed by atoms with Crippen LogP contribution in [0.4, 0.5) is 11.4 Å². The van der Waals surface area contributed by atoms with Crippen LogP contribution in [0.2, 0.25) is 0 Å². The lowest BCUT2D eigenvalue weighted by Crippen LogP contribution is -2.24. The van der Waals surface area contributed by atoms with Crippen LogP contribution in [0.25, 0.3) is 0 Å². The first kappa shape index (κ1) is 13.1. The van der Waals surface area contributed by atoms with Crippen molar-refractivity contribution in [3.8, 4) is 5.75 Å². The van der Waals surface area contributed by atoms with Crippen molar-refractivity contribution in [3.05, 3.63) is 18.2 Å². The summed E-state index contributed by atoms with van der Waals surface area (Å²) in [6, 6.07) is 6.14. The van der Waals surface area contributed by atoms with Gasteiger partial charge in [-0.05, 0) is 44.2 Å². The summed E-state index contributed by atoms with van der Waals surface area (Å²) in [7, 11) is 0. The van der Waals surface area contributed by atoms with E-state index in [1.54, 1.807) is 0 Å². The first-order valence-electron chi connectivity index (χ1n) is 6.98. The highest BCUT2D eigenvalue weighted by atomic mass is 16.5. The highest BCUT2D eigenvalue weighted by molar-refractivity contribution is 5.62. The molecule has 0 bridgehead atoms. The summed E-state index contributed by atoms with van der Waals surface area (Å²) in [5, 5.41) is 0. The second-order valence-corrected chi connectivity index (χ2v) is 5.18. The summed E-state index contributed by atoms with van der Waals surface area (Å²) in [6.45, 7) is 7.26. The topological polar surface area (TPSA) is 38.5 Å². The molecule has 100 valence electrons. The fraction of sp³-hybridized carbons (Fsp3) is 0.600. The van der Waals surface area contributed by atoms with Gasteiger partial charge in [0.1, 0.15) is 5.75 Å². The molecule has 0 saturated carbocycles. The second kappa shape index (κ2) is 5.98. The Bertz CT molecular complexity index is 392. The van der Waals surface area contributed by atoms with Gasteiger partial charge in [0, 0.05) is 24.8 Å². The lowest BCUT2D eigenvalue weighted by atomic mass is 10.0. The third-order valence-corrected chi connectivity index (χ3v) is 3.68. The van der Waals surface area contributed by atoms with Crippen molar-refractivity contribution in [1.29, 1.82) is 0 Å². The van der Waals surface area contributed by atoms with Crippen LogP contribution in [0.1, 0.15) is 33.1 Å². The molecule has 1 unspecified atom stereocenters. The molecule has 1 aliphatic rings. The molecule has 0 aliphatic carbocycles. The predicted octanol–water partition coefficient (Wildman–Crippen LogP) is 3.29. The Morgan fingerprint density at radius 2 is 2.17 bits per heavy atom. The quantitative estimate of drug-likeness (QED) is 0.834. The van der Waals surface area contributed by atoms with Crippen LogP contribution in [0.5, 0.6) is 5.75 Å². The van der Waals surface area contributed by atoms with Crippen LogP contribution in [-0.2, 0) is 0 Å². The Labute approximate surface area is 110 Å². The largest absolute Gasteiger partial charge is 0.492 e. The fourth-order valence-corrected chi connectivity index (χ4v) is 2.52. The third kappa shape index (κ3) is 3.09. The van der Waals surface area contributed by atoms with E-state index >= 15 is 0 Å².